The lowest BCUT2D eigenvalue weighted by Crippen LogP contribution is -2.09. The van der Waals surface area contributed by atoms with Gasteiger partial charge in [-0.05, 0) is 73.5 Å². The molecule has 234 valence electrons. The standard InChI is InChI=1S/C34H38O10/c1-4-19-42-43-21-6-5-20-39-30-11-13-31(14-12-30)40-26-41-32-15-17-33(18-16-32)44-34(35)29-9-7-28(8-10-29)27(2)38-25-24-37-23-22-36-3/h7-19H,1-2,5-6,20-26H2,3H3. The van der Waals surface area contributed by atoms with Crippen molar-refractivity contribution in [1.29, 1.82) is 0 Å². The number of hydrogen-bond acceptors (Lipinski definition) is 10. The van der Waals surface area contributed by atoms with Crippen molar-refractivity contribution in [3.63, 3.8) is 0 Å². The lowest BCUT2D eigenvalue weighted by atomic mass is 10.1. The maximum atomic E-state index is 12.6. The normalized spacial score (nSPS) is 10.3. The molecule has 0 atom stereocenters. The molecule has 0 saturated carbocycles. The second-order valence-corrected chi connectivity index (χ2v) is 8.99. The zero-order chi connectivity index (χ0) is 31.2. The van der Waals surface area contributed by atoms with Gasteiger partial charge in [0, 0.05) is 12.7 Å². The van der Waals surface area contributed by atoms with Gasteiger partial charge in [-0.2, -0.15) is 4.89 Å². The van der Waals surface area contributed by atoms with Crippen LogP contribution in [-0.4, -0.2) is 59.5 Å². The Bertz CT molecular complexity index is 1300. The molecule has 3 aromatic rings. The Labute approximate surface area is 257 Å². The minimum absolute atomic E-state index is 0.00461. The molecule has 0 spiro atoms. The van der Waals surface area contributed by atoms with Gasteiger partial charge in [-0.3, -0.25) is 0 Å². The van der Waals surface area contributed by atoms with Crippen LogP contribution in [0.1, 0.15) is 28.8 Å². The molecule has 44 heavy (non-hydrogen) atoms. The third-order valence-electron chi connectivity index (χ3n) is 5.78. The van der Waals surface area contributed by atoms with Crippen molar-refractivity contribution < 1.29 is 47.7 Å². The monoisotopic (exact) mass is 606 g/mol. The Morgan fingerprint density at radius 1 is 0.705 bits per heavy atom. The van der Waals surface area contributed by atoms with E-state index < -0.39 is 5.97 Å². The Hall–Kier alpha value is -4.73. The van der Waals surface area contributed by atoms with E-state index in [0.717, 1.165) is 24.2 Å². The van der Waals surface area contributed by atoms with Gasteiger partial charge in [-0.25, -0.2) is 4.79 Å². The van der Waals surface area contributed by atoms with E-state index in [1.807, 2.05) is 12.1 Å². The van der Waals surface area contributed by atoms with E-state index in [0.29, 0.717) is 68.2 Å². The smallest absolute Gasteiger partial charge is 0.343 e. The first-order valence-corrected chi connectivity index (χ1v) is 14.0. The fourth-order valence-electron chi connectivity index (χ4n) is 3.48. The molecule has 3 aromatic carbocycles. The zero-order valence-corrected chi connectivity index (χ0v) is 24.9. The van der Waals surface area contributed by atoms with Gasteiger partial charge >= 0.3 is 5.97 Å². The van der Waals surface area contributed by atoms with Crippen LogP contribution < -0.4 is 18.9 Å². The minimum Gasteiger partial charge on any atom is -0.494 e. The minimum atomic E-state index is -0.487. The molecule has 0 unspecified atom stereocenters. The molecule has 0 amide bonds. The van der Waals surface area contributed by atoms with Gasteiger partial charge in [0.2, 0.25) is 6.79 Å². The summed E-state index contributed by atoms with van der Waals surface area (Å²) in [6, 6.07) is 20.8. The first-order chi connectivity index (χ1) is 21.6. The zero-order valence-electron chi connectivity index (χ0n) is 24.9. The van der Waals surface area contributed by atoms with Crippen molar-refractivity contribution in [2.75, 3.05) is 53.5 Å². The number of rotatable bonds is 22. The van der Waals surface area contributed by atoms with Crippen LogP contribution in [0.4, 0.5) is 0 Å². The SMILES string of the molecule is C=C=COOCCCCOc1ccc(OCOc2ccc(OC(=O)c3ccc(C(=C)OCCOCCOC)cc3)cc2)cc1. The molecule has 0 aliphatic carbocycles. The van der Waals surface area contributed by atoms with Gasteiger partial charge in [0.15, 0.2) is 6.26 Å². The second-order valence-electron chi connectivity index (χ2n) is 8.99. The molecular formula is C34H38O10. The van der Waals surface area contributed by atoms with Gasteiger partial charge < -0.3 is 38.0 Å². The van der Waals surface area contributed by atoms with Gasteiger partial charge in [0.1, 0.15) is 35.4 Å². The predicted molar refractivity (Wildman–Crippen MR) is 164 cm³/mol. The van der Waals surface area contributed by atoms with Gasteiger partial charge in [-0.15, -0.1) is 0 Å². The summed E-state index contributed by atoms with van der Waals surface area (Å²) in [5.74, 6) is 2.32. The summed E-state index contributed by atoms with van der Waals surface area (Å²) in [6.07, 6.45) is 2.87. The van der Waals surface area contributed by atoms with E-state index in [2.05, 4.69) is 23.8 Å². The van der Waals surface area contributed by atoms with Crippen molar-refractivity contribution in [2.24, 2.45) is 0 Å². The Morgan fingerprint density at radius 2 is 1.27 bits per heavy atom. The molecule has 0 bridgehead atoms. The quantitative estimate of drug-likeness (QED) is 0.0187. The van der Waals surface area contributed by atoms with Crippen LogP contribution in [0.25, 0.3) is 5.76 Å². The molecule has 3 rings (SSSR count). The first kappa shape index (κ1) is 33.8. The van der Waals surface area contributed by atoms with Gasteiger partial charge in [0.05, 0.1) is 38.6 Å². The van der Waals surface area contributed by atoms with E-state index in [-0.39, 0.29) is 6.79 Å². The topological polar surface area (TPSA) is 100 Å². The number of ether oxygens (including phenoxy) is 7. The molecule has 0 N–H and O–H groups in total. The van der Waals surface area contributed by atoms with Crippen LogP contribution >= 0.6 is 0 Å². The number of carbonyl (C=O) groups excluding carboxylic acids is 1. The Balaban J connectivity index is 1.32. The van der Waals surface area contributed by atoms with Crippen LogP contribution in [0.15, 0.2) is 97.9 Å². The number of unbranched alkanes of at least 4 members (excludes halogenated alkanes) is 1. The Morgan fingerprint density at radius 3 is 1.91 bits per heavy atom. The summed E-state index contributed by atoms with van der Waals surface area (Å²) in [4.78, 5) is 22.2. The molecule has 0 saturated heterocycles. The van der Waals surface area contributed by atoms with Gasteiger partial charge in [-0.1, -0.05) is 31.0 Å². The average Bonchev–Trinajstić information content (AvgIpc) is 3.05. The maximum absolute atomic E-state index is 12.6. The highest BCUT2D eigenvalue weighted by Crippen LogP contribution is 2.21. The number of esters is 1. The van der Waals surface area contributed by atoms with Crippen LogP contribution in [0.3, 0.4) is 0 Å². The number of carbonyl (C=O) groups is 1. The molecule has 10 nitrogen and oxygen atoms in total. The molecular weight excluding hydrogens is 568 g/mol. The summed E-state index contributed by atoms with van der Waals surface area (Å²) in [5.41, 5.74) is 3.60. The second kappa shape index (κ2) is 20.2. The summed E-state index contributed by atoms with van der Waals surface area (Å²) < 4.78 is 38.3. The summed E-state index contributed by atoms with van der Waals surface area (Å²) >= 11 is 0. The first-order valence-electron chi connectivity index (χ1n) is 14.0. The number of methoxy groups -OCH3 is 1. The molecule has 0 heterocycles. The third-order valence-corrected chi connectivity index (χ3v) is 5.78. The fraction of sp³-hybridized carbons (Fsp3) is 0.294. The fourth-order valence-corrected chi connectivity index (χ4v) is 3.48. The molecule has 0 fully saturated rings. The summed E-state index contributed by atoms with van der Waals surface area (Å²) in [6.45, 7) is 10.1. The molecule has 0 aliphatic heterocycles. The van der Waals surface area contributed by atoms with Crippen molar-refractivity contribution in [2.45, 2.75) is 12.8 Å². The molecule has 10 heteroatoms. The molecule has 0 aromatic heterocycles. The van der Waals surface area contributed by atoms with Crippen molar-refractivity contribution in [1.82, 2.24) is 0 Å². The van der Waals surface area contributed by atoms with Crippen molar-refractivity contribution in [3.05, 3.63) is 109 Å². The summed E-state index contributed by atoms with van der Waals surface area (Å²) in [7, 11) is 1.62. The highest BCUT2D eigenvalue weighted by Gasteiger charge is 2.10. The van der Waals surface area contributed by atoms with Crippen LogP contribution in [0.2, 0.25) is 0 Å². The largest absolute Gasteiger partial charge is 0.494 e. The number of benzene rings is 3. The van der Waals surface area contributed by atoms with E-state index in [1.165, 1.54) is 6.26 Å². The Kier molecular flexibility index (Phi) is 15.5. The van der Waals surface area contributed by atoms with Crippen LogP contribution in [0.5, 0.6) is 23.0 Å². The highest BCUT2D eigenvalue weighted by molar-refractivity contribution is 5.91. The predicted octanol–water partition coefficient (Wildman–Crippen LogP) is 6.38. The maximum Gasteiger partial charge on any atom is 0.343 e. The van der Waals surface area contributed by atoms with Gasteiger partial charge in [0.25, 0.3) is 0 Å². The van der Waals surface area contributed by atoms with Crippen molar-refractivity contribution in [3.8, 4) is 23.0 Å². The van der Waals surface area contributed by atoms with E-state index in [9.17, 15) is 4.79 Å². The van der Waals surface area contributed by atoms with Crippen molar-refractivity contribution >= 4 is 11.7 Å². The lowest BCUT2D eigenvalue weighted by molar-refractivity contribution is -0.249. The van der Waals surface area contributed by atoms with Crippen LogP contribution in [0, 0.1) is 0 Å². The molecule has 0 aliphatic rings. The van der Waals surface area contributed by atoms with E-state index >= 15 is 0 Å². The van der Waals surface area contributed by atoms with E-state index in [1.54, 1.807) is 67.8 Å². The average molecular weight is 607 g/mol. The van der Waals surface area contributed by atoms with E-state index in [4.69, 9.17) is 38.0 Å². The number of hydrogen-bond donors (Lipinski definition) is 0. The molecule has 0 radical (unpaired) electrons. The van der Waals surface area contributed by atoms with Crippen LogP contribution in [-0.2, 0) is 24.0 Å². The highest BCUT2D eigenvalue weighted by atomic mass is 17.2. The third kappa shape index (κ3) is 13.1. The summed E-state index contributed by atoms with van der Waals surface area (Å²) in [5, 5.41) is 0. The lowest BCUT2D eigenvalue weighted by Gasteiger charge is -2.11.